The van der Waals surface area contributed by atoms with E-state index in [0.29, 0.717) is 28.1 Å². The highest BCUT2D eigenvalue weighted by Crippen LogP contribution is 2.66. The van der Waals surface area contributed by atoms with Crippen molar-refractivity contribution in [2.75, 3.05) is 19.8 Å². The molecule has 2 bridgehead atoms. The number of benzene rings is 2. The molecule has 0 spiro atoms. The molecule has 2 N–H and O–H groups in total. The molecule has 3 saturated carbocycles. The third-order valence-corrected chi connectivity index (χ3v) is 6.08. The van der Waals surface area contributed by atoms with Gasteiger partial charge in [0.1, 0.15) is 11.5 Å². The lowest BCUT2D eigenvalue weighted by Crippen LogP contribution is -2.77. The smallest absolute Gasteiger partial charge is 0.258 e. The lowest BCUT2D eigenvalue weighted by Gasteiger charge is -2.70. The van der Waals surface area contributed by atoms with Gasteiger partial charge >= 0.3 is 0 Å². The van der Waals surface area contributed by atoms with Crippen molar-refractivity contribution in [1.29, 1.82) is 0 Å². The number of carbonyl (C=O) groups is 2. The van der Waals surface area contributed by atoms with E-state index in [1.54, 1.807) is 48.5 Å². The van der Waals surface area contributed by atoms with E-state index in [-0.39, 0.29) is 36.0 Å². The Balaban J connectivity index is 1.12. The van der Waals surface area contributed by atoms with Gasteiger partial charge in [-0.15, -0.1) is 0 Å². The van der Waals surface area contributed by atoms with Crippen molar-refractivity contribution < 1.29 is 19.1 Å². The van der Waals surface area contributed by atoms with E-state index < -0.39 is 0 Å². The molecule has 0 radical (unpaired) electrons. The van der Waals surface area contributed by atoms with E-state index in [1.165, 1.54) is 0 Å². The summed E-state index contributed by atoms with van der Waals surface area (Å²) in [5.74, 6) is 0.900. The summed E-state index contributed by atoms with van der Waals surface area (Å²) >= 11 is 11.7. The minimum absolute atomic E-state index is 0.0326. The van der Waals surface area contributed by atoms with Crippen LogP contribution in [0.2, 0.25) is 10.0 Å². The Morgan fingerprint density at radius 2 is 1.27 bits per heavy atom. The minimum Gasteiger partial charge on any atom is -0.484 e. The van der Waals surface area contributed by atoms with Gasteiger partial charge in [-0.2, -0.15) is 0 Å². The molecule has 158 valence electrons. The SMILES string of the molecule is O=C(COc1ccc(Cl)cc1)NCC12CC(NC(=O)COc3ccc(Cl)cc3)(C1)C2. The molecule has 6 nitrogen and oxygen atoms in total. The van der Waals surface area contributed by atoms with Gasteiger partial charge in [-0.05, 0) is 73.2 Å². The summed E-state index contributed by atoms with van der Waals surface area (Å²) in [7, 11) is 0. The van der Waals surface area contributed by atoms with Crippen molar-refractivity contribution in [3.63, 3.8) is 0 Å². The maximum atomic E-state index is 12.2. The molecule has 0 aromatic heterocycles. The van der Waals surface area contributed by atoms with E-state index in [2.05, 4.69) is 10.6 Å². The molecule has 0 saturated heterocycles. The van der Waals surface area contributed by atoms with E-state index >= 15 is 0 Å². The predicted octanol–water partition coefficient (Wildman–Crippen LogP) is 3.61. The zero-order valence-corrected chi connectivity index (χ0v) is 17.8. The van der Waals surface area contributed by atoms with Crippen LogP contribution in [-0.2, 0) is 9.59 Å². The number of hydrogen-bond donors (Lipinski definition) is 2. The van der Waals surface area contributed by atoms with Crippen LogP contribution in [0.15, 0.2) is 48.5 Å². The van der Waals surface area contributed by atoms with Crippen LogP contribution in [0.1, 0.15) is 19.3 Å². The highest BCUT2D eigenvalue weighted by atomic mass is 35.5. The molecule has 5 rings (SSSR count). The average molecular weight is 449 g/mol. The Morgan fingerprint density at radius 3 is 1.77 bits per heavy atom. The summed E-state index contributed by atoms with van der Waals surface area (Å²) in [4.78, 5) is 24.2. The summed E-state index contributed by atoms with van der Waals surface area (Å²) in [6.45, 7) is 0.519. The van der Waals surface area contributed by atoms with Crippen molar-refractivity contribution in [1.82, 2.24) is 10.6 Å². The van der Waals surface area contributed by atoms with Crippen LogP contribution >= 0.6 is 23.2 Å². The van der Waals surface area contributed by atoms with Crippen molar-refractivity contribution >= 4 is 35.0 Å². The second-order valence-corrected chi connectivity index (χ2v) is 8.99. The van der Waals surface area contributed by atoms with E-state index in [9.17, 15) is 9.59 Å². The van der Waals surface area contributed by atoms with Gasteiger partial charge in [-0.1, -0.05) is 23.2 Å². The monoisotopic (exact) mass is 448 g/mol. The van der Waals surface area contributed by atoms with Crippen molar-refractivity contribution in [3.8, 4) is 11.5 Å². The zero-order valence-electron chi connectivity index (χ0n) is 16.3. The standard InChI is InChI=1S/C22H22Cl2N2O4/c23-15-1-5-17(6-2-15)29-9-19(27)25-14-21-11-22(12-21,13-21)26-20(28)10-30-18-7-3-16(24)4-8-18/h1-8H,9-14H2,(H,25,27)(H,26,28). The van der Waals surface area contributed by atoms with E-state index in [0.717, 1.165) is 19.3 Å². The molecular formula is C22H22Cl2N2O4. The number of hydrogen-bond acceptors (Lipinski definition) is 4. The molecule has 2 aromatic rings. The zero-order chi connectivity index (χ0) is 21.2. The summed E-state index contributed by atoms with van der Waals surface area (Å²) in [5.41, 5.74) is -0.0643. The van der Waals surface area contributed by atoms with Crippen molar-refractivity contribution in [3.05, 3.63) is 58.6 Å². The molecule has 0 aliphatic heterocycles. The number of nitrogens with one attached hydrogen (secondary N) is 2. The van der Waals surface area contributed by atoms with Gasteiger partial charge in [0.2, 0.25) is 0 Å². The van der Waals surface area contributed by atoms with Crippen LogP contribution < -0.4 is 20.1 Å². The minimum atomic E-state index is -0.163. The molecule has 2 aromatic carbocycles. The Kier molecular flexibility index (Phi) is 5.80. The van der Waals surface area contributed by atoms with E-state index in [4.69, 9.17) is 32.7 Å². The largest absolute Gasteiger partial charge is 0.484 e. The van der Waals surface area contributed by atoms with Crippen LogP contribution in [0.5, 0.6) is 11.5 Å². The Hall–Kier alpha value is -2.44. The Morgan fingerprint density at radius 1 is 0.800 bits per heavy atom. The highest BCUT2D eigenvalue weighted by Gasteiger charge is 2.68. The molecule has 0 atom stereocenters. The normalized spacial score (nSPS) is 23.5. The number of rotatable bonds is 9. The quantitative estimate of drug-likeness (QED) is 0.614. The second-order valence-electron chi connectivity index (χ2n) is 8.12. The fraction of sp³-hybridized carbons (Fsp3) is 0.364. The Bertz CT molecular complexity index is 911. The number of amides is 2. The Labute approximate surface area is 184 Å². The van der Waals surface area contributed by atoms with Gasteiger partial charge < -0.3 is 20.1 Å². The van der Waals surface area contributed by atoms with Crippen LogP contribution in [0.4, 0.5) is 0 Å². The van der Waals surface area contributed by atoms with Gasteiger partial charge in [0, 0.05) is 22.1 Å². The molecule has 3 aliphatic carbocycles. The molecule has 3 fully saturated rings. The summed E-state index contributed by atoms with van der Waals surface area (Å²) in [5, 5.41) is 7.23. The molecule has 30 heavy (non-hydrogen) atoms. The fourth-order valence-electron chi connectivity index (χ4n) is 4.35. The number of carbonyl (C=O) groups excluding carboxylic acids is 2. The molecule has 2 amide bonds. The van der Waals surface area contributed by atoms with Gasteiger partial charge in [-0.3, -0.25) is 9.59 Å². The lowest BCUT2D eigenvalue weighted by molar-refractivity contribution is -0.166. The van der Waals surface area contributed by atoms with Crippen LogP contribution in [0.25, 0.3) is 0 Å². The van der Waals surface area contributed by atoms with Crippen molar-refractivity contribution in [2.45, 2.75) is 24.8 Å². The highest BCUT2D eigenvalue weighted by molar-refractivity contribution is 6.30. The first kappa shape index (κ1) is 20.8. The molecule has 8 heteroatoms. The number of halogens is 2. The maximum Gasteiger partial charge on any atom is 0.258 e. The number of ether oxygens (including phenoxy) is 2. The van der Waals surface area contributed by atoms with Gasteiger partial charge in [0.05, 0.1) is 0 Å². The first-order valence-corrected chi connectivity index (χ1v) is 10.5. The first-order chi connectivity index (χ1) is 14.4. The van der Waals surface area contributed by atoms with Gasteiger partial charge in [-0.25, -0.2) is 0 Å². The first-order valence-electron chi connectivity index (χ1n) is 9.70. The topological polar surface area (TPSA) is 76.7 Å². The van der Waals surface area contributed by atoms with Crippen LogP contribution in [0, 0.1) is 5.41 Å². The average Bonchev–Trinajstić information content (AvgIpc) is 2.68. The lowest BCUT2D eigenvalue weighted by atomic mass is 9.39. The third kappa shape index (κ3) is 4.82. The predicted molar refractivity (Wildman–Crippen MR) is 114 cm³/mol. The summed E-state index contributed by atoms with van der Waals surface area (Å²) in [6, 6.07) is 13.8. The van der Waals surface area contributed by atoms with Crippen LogP contribution in [0.3, 0.4) is 0 Å². The van der Waals surface area contributed by atoms with Crippen molar-refractivity contribution in [2.24, 2.45) is 5.41 Å². The maximum absolute atomic E-state index is 12.2. The molecular weight excluding hydrogens is 427 g/mol. The molecule has 0 heterocycles. The van der Waals surface area contributed by atoms with E-state index in [1.807, 2.05) is 0 Å². The fourth-order valence-corrected chi connectivity index (χ4v) is 4.60. The summed E-state index contributed by atoms with van der Waals surface area (Å²) < 4.78 is 10.9. The molecule has 0 unspecified atom stereocenters. The summed E-state index contributed by atoms with van der Waals surface area (Å²) in [6.07, 6.45) is 2.60. The van der Waals surface area contributed by atoms with Gasteiger partial charge in [0.25, 0.3) is 11.8 Å². The second kappa shape index (κ2) is 8.36. The van der Waals surface area contributed by atoms with Crippen LogP contribution in [-0.4, -0.2) is 37.1 Å². The molecule has 3 aliphatic rings. The third-order valence-electron chi connectivity index (χ3n) is 5.57. The van der Waals surface area contributed by atoms with Gasteiger partial charge in [0.15, 0.2) is 13.2 Å².